The average molecular weight is 323 g/mol. The number of rotatable bonds is 10. The molecule has 0 aromatic heterocycles. The number of amides is 2. The van der Waals surface area contributed by atoms with Crippen molar-refractivity contribution in [2.45, 2.75) is 6.42 Å². The van der Waals surface area contributed by atoms with E-state index in [1.807, 2.05) is 25.1 Å². The van der Waals surface area contributed by atoms with E-state index in [2.05, 4.69) is 10.6 Å². The van der Waals surface area contributed by atoms with Crippen molar-refractivity contribution in [1.29, 1.82) is 0 Å². The van der Waals surface area contributed by atoms with Gasteiger partial charge in [0.15, 0.2) is 18.1 Å². The summed E-state index contributed by atoms with van der Waals surface area (Å²) in [5.74, 6) is 0.464. The lowest BCUT2D eigenvalue weighted by Crippen LogP contribution is -2.39. The van der Waals surface area contributed by atoms with Gasteiger partial charge < -0.3 is 25.0 Å². The van der Waals surface area contributed by atoms with Crippen LogP contribution in [-0.2, 0) is 9.59 Å². The molecule has 0 aliphatic heterocycles. The van der Waals surface area contributed by atoms with Gasteiger partial charge in [-0.15, -0.1) is 0 Å². The van der Waals surface area contributed by atoms with Crippen LogP contribution in [0.15, 0.2) is 24.3 Å². The minimum atomic E-state index is -0.362. The zero-order chi connectivity index (χ0) is 17.1. The Bertz CT molecular complexity index is 506. The maximum absolute atomic E-state index is 11.7. The molecule has 1 aromatic rings. The van der Waals surface area contributed by atoms with Gasteiger partial charge in [-0.1, -0.05) is 12.1 Å². The molecule has 0 heterocycles. The normalized spacial score (nSPS) is 10.3. The lowest BCUT2D eigenvalue weighted by Gasteiger charge is -2.11. The molecule has 0 spiro atoms. The molecule has 7 nitrogen and oxygen atoms in total. The lowest BCUT2D eigenvalue weighted by molar-refractivity contribution is -0.127. The molecule has 1 aromatic carbocycles. The van der Waals surface area contributed by atoms with E-state index in [4.69, 9.17) is 9.47 Å². The Kier molecular flexibility index (Phi) is 8.52. The van der Waals surface area contributed by atoms with E-state index in [0.717, 1.165) is 13.0 Å². The molecule has 0 saturated heterocycles. The van der Waals surface area contributed by atoms with E-state index < -0.39 is 0 Å². The fraction of sp³-hybridized carbons (Fsp3) is 0.500. The van der Waals surface area contributed by atoms with Crippen LogP contribution >= 0.6 is 0 Å². The molecule has 0 fully saturated rings. The molecule has 128 valence electrons. The molecule has 0 radical (unpaired) electrons. The standard InChI is InChI=1S/C16H25N3O4/c1-19(2)10-6-9-17-15(20)11-18-16(21)12-23-14-8-5-4-7-13(14)22-3/h4-5,7-8H,6,9-12H2,1-3H3,(H,17,20)(H,18,21). The van der Waals surface area contributed by atoms with Crippen molar-refractivity contribution in [3.8, 4) is 11.5 Å². The van der Waals surface area contributed by atoms with E-state index in [-0.39, 0.29) is 25.0 Å². The molecule has 0 bridgehead atoms. The van der Waals surface area contributed by atoms with Crippen molar-refractivity contribution in [2.75, 3.05) is 47.4 Å². The van der Waals surface area contributed by atoms with Gasteiger partial charge in [-0.3, -0.25) is 9.59 Å². The first-order valence-corrected chi connectivity index (χ1v) is 7.47. The zero-order valence-electron chi connectivity index (χ0n) is 13.9. The molecule has 7 heteroatoms. The summed E-state index contributed by atoms with van der Waals surface area (Å²) in [5.41, 5.74) is 0. The maximum Gasteiger partial charge on any atom is 0.258 e. The van der Waals surface area contributed by atoms with E-state index in [9.17, 15) is 9.59 Å². The van der Waals surface area contributed by atoms with E-state index >= 15 is 0 Å². The second-order valence-electron chi connectivity index (χ2n) is 5.22. The number of ether oxygens (including phenoxy) is 2. The van der Waals surface area contributed by atoms with Gasteiger partial charge >= 0.3 is 0 Å². The smallest absolute Gasteiger partial charge is 0.258 e. The van der Waals surface area contributed by atoms with Crippen molar-refractivity contribution in [3.05, 3.63) is 24.3 Å². The van der Waals surface area contributed by atoms with Crippen LogP contribution < -0.4 is 20.1 Å². The molecule has 0 unspecified atom stereocenters. The Balaban J connectivity index is 2.20. The number of carbonyl (C=O) groups excluding carboxylic acids is 2. The van der Waals surface area contributed by atoms with Crippen molar-refractivity contribution >= 4 is 11.8 Å². The minimum absolute atomic E-state index is 0.0594. The SMILES string of the molecule is COc1ccccc1OCC(=O)NCC(=O)NCCCN(C)C. The van der Waals surface area contributed by atoms with Crippen LogP contribution in [0, 0.1) is 0 Å². The third-order valence-electron chi connectivity index (χ3n) is 2.98. The highest BCUT2D eigenvalue weighted by Gasteiger charge is 2.08. The van der Waals surface area contributed by atoms with Gasteiger partial charge in [-0.2, -0.15) is 0 Å². The van der Waals surface area contributed by atoms with E-state index in [1.165, 1.54) is 7.11 Å². The predicted octanol–water partition coefficient (Wildman–Crippen LogP) is 0.258. The average Bonchev–Trinajstić information content (AvgIpc) is 2.55. The van der Waals surface area contributed by atoms with Gasteiger partial charge in [-0.25, -0.2) is 0 Å². The molecular formula is C16H25N3O4. The minimum Gasteiger partial charge on any atom is -0.493 e. The molecular weight excluding hydrogens is 298 g/mol. The van der Waals surface area contributed by atoms with Crippen molar-refractivity contribution in [3.63, 3.8) is 0 Å². The number of hydrogen-bond acceptors (Lipinski definition) is 5. The van der Waals surface area contributed by atoms with Crippen molar-refractivity contribution < 1.29 is 19.1 Å². The van der Waals surface area contributed by atoms with Gasteiger partial charge in [0.05, 0.1) is 13.7 Å². The summed E-state index contributed by atoms with van der Waals surface area (Å²) in [6, 6.07) is 7.06. The number of nitrogens with zero attached hydrogens (tertiary/aromatic N) is 1. The topological polar surface area (TPSA) is 79.9 Å². The second-order valence-corrected chi connectivity index (χ2v) is 5.22. The van der Waals surface area contributed by atoms with Crippen LogP contribution in [0.1, 0.15) is 6.42 Å². The number of para-hydroxylation sites is 2. The summed E-state index contributed by atoms with van der Waals surface area (Å²) in [6.07, 6.45) is 0.865. The monoisotopic (exact) mass is 323 g/mol. The lowest BCUT2D eigenvalue weighted by atomic mass is 10.3. The van der Waals surface area contributed by atoms with Gasteiger partial charge in [0.25, 0.3) is 5.91 Å². The van der Waals surface area contributed by atoms with Gasteiger partial charge in [0, 0.05) is 6.54 Å². The number of carbonyl (C=O) groups is 2. The van der Waals surface area contributed by atoms with Gasteiger partial charge in [0.1, 0.15) is 0 Å². The largest absolute Gasteiger partial charge is 0.493 e. The van der Waals surface area contributed by atoms with Crippen LogP contribution in [0.4, 0.5) is 0 Å². The van der Waals surface area contributed by atoms with E-state index in [0.29, 0.717) is 18.0 Å². The zero-order valence-corrected chi connectivity index (χ0v) is 13.9. The molecule has 1 rings (SSSR count). The third-order valence-corrected chi connectivity index (χ3v) is 2.98. The molecule has 2 N–H and O–H groups in total. The Morgan fingerprint density at radius 2 is 1.78 bits per heavy atom. The summed E-state index contributed by atoms with van der Waals surface area (Å²) >= 11 is 0. The van der Waals surface area contributed by atoms with Crippen LogP contribution in [0.25, 0.3) is 0 Å². The Labute approximate surface area is 136 Å². The van der Waals surface area contributed by atoms with Crippen LogP contribution in [0.3, 0.4) is 0 Å². The summed E-state index contributed by atoms with van der Waals surface area (Å²) < 4.78 is 10.5. The summed E-state index contributed by atoms with van der Waals surface area (Å²) in [7, 11) is 5.48. The third kappa shape index (κ3) is 8.06. The molecule has 0 atom stereocenters. The van der Waals surface area contributed by atoms with E-state index in [1.54, 1.807) is 18.2 Å². The fourth-order valence-electron chi connectivity index (χ4n) is 1.80. The maximum atomic E-state index is 11.7. The number of nitrogens with one attached hydrogen (secondary N) is 2. The molecule has 0 aliphatic carbocycles. The highest BCUT2D eigenvalue weighted by atomic mass is 16.5. The van der Waals surface area contributed by atoms with Gasteiger partial charge in [-0.05, 0) is 39.2 Å². The molecule has 0 aliphatic rings. The molecule has 0 saturated carbocycles. The van der Waals surface area contributed by atoms with Crippen LogP contribution in [0.2, 0.25) is 0 Å². The van der Waals surface area contributed by atoms with Crippen molar-refractivity contribution in [1.82, 2.24) is 15.5 Å². The first-order chi connectivity index (χ1) is 11.0. The number of methoxy groups -OCH3 is 1. The first kappa shape index (κ1) is 18.8. The highest BCUT2D eigenvalue weighted by Crippen LogP contribution is 2.25. The molecule has 2 amide bonds. The summed E-state index contributed by atoms with van der Waals surface area (Å²) in [5, 5.41) is 5.26. The summed E-state index contributed by atoms with van der Waals surface area (Å²) in [4.78, 5) is 25.3. The number of benzene rings is 1. The molecule has 23 heavy (non-hydrogen) atoms. The van der Waals surface area contributed by atoms with Crippen molar-refractivity contribution in [2.24, 2.45) is 0 Å². The Morgan fingerprint density at radius 3 is 2.43 bits per heavy atom. The Morgan fingerprint density at radius 1 is 1.09 bits per heavy atom. The van der Waals surface area contributed by atoms with Crippen LogP contribution in [0.5, 0.6) is 11.5 Å². The summed E-state index contributed by atoms with van der Waals surface area (Å²) in [6.45, 7) is 1.26. The fourth-order valence-corrected chi connectivity index (χ4v) is 1.80. The van der Waals surface area contributed by atoms with Gasteiger partial charge in [0.2, 0.25) is 5.91 Å². The second kappa shape index (κ2) is 10.4. The highest BCUT2D eigenvalue weighted by molar-refractivity contribution is 5.85. The first-order valence-electron chi connectivity index (χ1n) is 7.47. The predicted molar refractivity (Wildman–Crippen MR) is 87.7 cm³/mol. The Hall–Kier alpha value is -2.28. The number of hydrogen-bond donors (Lipinski definition) is 2. The quantitative estimate of drug-likeness (QED) is 0.604. The van der Waals surface area contributed by atoms with Crippen LogP contribution in [-0.4, -0.2) is 64.2 Å².